The highest BCUT2D eigenvalue weighted by atomic mass is 16.2. The van der Waals surface area contributed by atoms with Crippen LogP contribution < -0.4 is 5.32 Å². The molecule has 10 heteroatoms. The van der Waals surface area contributed by atoms with Crippen LogP contribution in [0.5, 0.6) is 0 Å². The average Bonchev–Trinajstić information content (AvgIpc) is 3.21. The van der Waals surface area contributed by atoms with Gasteiger partial charge in [0, 0.05) is 44.1 Å². The van der Waals surface area contributed by atoms with Crippen molar-refractivity contribution in [3.05, 3.63) is 24.5 Å². The summed E-state index contributed by atoms with van der Waals surface area (Å²) in [6.45, 7) is 12.5. The van der Waals surface area contributed by atoms with Crippen LogP contribution >= 0.6 is 0 Å². The normalized spacial score (nSPS) is 20.0. The third kappa shape index (κ3) is 4.59. The van der Waals surface area contributed by atoms with Crippen molar-refractivity contribution in [2.75, 3.05) is 25.5 Å². The van der Waals surface area contributed by atoms with Gasteiger partial charge in [-0.15, -0.1) is 0 Å². The molecule has 1 aliphatic heterocycles. The molecule has 0 radical (unpaired) electrons. The monoisotopic (exact) mass is 465 g/mol. The number of hydrogen-bond acceptors (Lipinski definition) is 8. The van der Waals surface area contributed by atoms with Gasteiger partial charge in [-0.1, -0.05) is 13.3 Å². The highest BCUT2D eigenvalue weighted by Crippen LogP contribution is 2.27. The van der Waals surface area contributed by atoms with E-state index >= 15 is 0 Å². The van der Waals surface area contributed by atoms with Gasteiger partial charge in [0.2, 0.25) is 5.91 Å². The predicted molar refractivity (Wildman–Crippen MR) is 132 cm³/mol. The minimum absolute atomic E-state index is 0.113. The summed E-state index contributed by atoms with van der Waals surface area (Å²) in [7, 11) is 2.12. The van der Waals surface area contributed by atoms with Gasteiger partial charge in [0.1, 0.15) is 24.0 Å². The Morgan fingerprint density at radius 1 is 1.12 bits per heavy atom. The number of carbonyl (C=O) groups is 1. The quantitative estimate of drug-likeness (QED) is 0.568. The first-order chi connectivity index (χ1) is 16.3. The molecule has 0 saturated carbocycles. The van der Waals surface area contributed by atoms with E-state index in [9.17, 15) is 4.79 Å². The lowest BCUT2D eigenvalue weighted by molar-refractivity contribution is -0.136. The summed E-state index contributed by atoms with van der Waals surface area (Å²) < 4.78 is 2.02. The van der Waals surface area contributed by atoms with Gasteiger partial charge in [0.15, 0.2) is 17.0 Å². The molecule has 0 bridgehead atoms. The van der Waals surface area contributed by atoms with Crippen molar-refractivity contribution in [2.45, 2.75) is 72.1 Å². The average molecular weight is 466 g/mol. The largest absolute Gasteiger partial charge is 0.356 e. The first-order valence-corrected chi connectivity index (χ1v) is 12.1. The third-order valence-corrected chi connectivity index (χ3v) is 6.75. The fraction of sp³-hybridized carbons (Fsp3) is 0.583. The van der Waals surface area contributed by atoms with Crippen molar-refractivity contribution in [2.24, 2.45) is 0 Å². The first-order valence-electron chi connectivity index (χ1n) is 12.1. The van der Waals surface area contributed by atoms with Gasteiger partial charge < -0.3 is 14.8 Å². The molecule has 182 valence electrons. The van der Waals surface area contributed by atoms with Gasteiger partial charge in [-0.2, -0.15) is 0 Å². The number of carbonyl (C=O) groups excluding carboxylic acids is 1. The van der Waals surface area contributed by atoms with Crippen LogP contribution in [-0.4, -0.2) is 83.5 Å². The number of piperazine rings is 1. The minimum atomic E-state index is -0.371. The Morgan fingerprint density at radius 3 is 2.41 bits per heavy atom. The molecule has 10 nitrogen and oxygen atoms in total. The molecule has 1 amide bonds. The molecule has 34 heavy (non-hydrogen) atoms. The number of nitrogens with zero attached hydrogens (tertiary/aromatic N) is 8. The van der Waals surface area contributed by atoms with E-state index in [0.29, 0.717) is 42.2 Å². The second-order valence-electron chi connectivity index (χ2n) is 9.19. The molecule has 1 saturated heterocycles. The smallest absolute Gasteiger partial charge is 0.245 e. The van der Waals surface area contributed by atoms with E-state index in [-0.39, 0.29) is 11.9 Å². The van der Waals surface area contributed by atoms with E-state index in [1.54, 1.807) is 12.4 Å². The van der Waals surface area contributed by atoms with Crippen LogP contribution in [0, 0.1) is 6.92 Å². The van der Waals surface area contributed by atoms with Gasteiger partial charge in [-0.3, -0.25) is 9.69 Å². The number of nitrogens with one attached hydrogen (secondary N) is 1. The molecular formula is C24H35N9O. The first kappa shape index (κ1) is 24.0. The SMILES string of the molecule is CCC[C@H](Nc1ncnc2c1nc(-c1cnc(C)nc1)n2CC)C(=O)N1C[C@@H](C)N(C)[C@@H](C)C1. The van der Waals surface area contributed by atoms with Gasteiger partial charge in [0.25, 0.3) is 0 Å². The number of anilines is 1. The zero-order valence-electron chi connectivity index (χ0n) is 21.0. The van der Waals surface area contributed by atoms with Gasteiger partial charge in [-0.25, -0.2) is 24.9 Å². The maximum absolute atomic E-state index is 13.6. The standard InChI is InChI=1S/C24H35N9O/c1-7-9-19(24(34)32-12-15(3)31(6)16(4)13-32)29-21-20-23(28-14-27-21)33(8-2)22(30-20)18-10-25-17(5)26-11-18/h10-11,14-16,19H,7-9,12-13H2,1-6H3,(H,27,28,29)/t15-,16+,19-/m0/s1. The summed E-state index contributed by atoms with van der Waals surface area (Å²) in [6.07, 6.45) is 6.67. The fourth-order valence-corrected chi connectivity index (χ4v) is 4.59. The van der Waals surface area contributed by atoms with Crippen LogP contribution in [0.2, 0.25) is 0 Å². The Labute approximate surface area is 200 Å². The Balaban J connectivity index is 1.66. The lowest BCUT2D eigenvalue weighted by atomic mass is 10.1. The molecular weight excluding hydrogens is 430 g/mol. The number of likely N-dealkylation sites (N-methyl/N-ethyl adjacent to an activating group) is 1. The second kappa shape index (κ2) is 10.0. The van der Waals surface area contributed by atoms with Crippen molar-refractivity contribution in [1.29, 1.82) is 0 Å². The molecule has 0 aliphatic carbocycles. The van der Waals surface area contributed by atoms with Gasteiger partial charge in [-0.05, 0) is 41.2 Å². The second-order valence-corrected chi connectivity index (χ2v) is 9.19. The highest BCUT2D eigenvalue weighted by molar-refractivity contribution is 5.90. The summed E-state index contributed by atoms with van der Waals surface area (Å²) in [4.78, 5) is 40.4. The summed E-state index contributed by atoms with van der Waals surface area (Å²) >= 11 is 0. The number of amides is 1. The Bertz CT molecular complexity index is 1130. The van der Waals surface area contributed by atoms with Crippen LogP contribution in [0.25, 0.3) is 22.6 Å². The molecule has 1 N–H and O–H groups in total. The number of fused-ring (bicyclic) bond motifs is 1. The summed E-state index contributed by atoms with van der Waals surface area (Å²) in [5.74, 6) is 2.13. The molecule has 0 aromatic carbocycles. The summed E-state index contributed by atoms with van der Waals surface area (Å²) in [5.41, 5.74) is 2.19. The summed E-state index contributed by atoms with van der Waals surface area (Å²) in [6, 6.07) is 0.268. The Kier molecular flexibility index (Phi) is 7.06. The van der Waals surface area contributed by atoms with Crippen LogP contribution in [0.3, 0.4) is 0 Å². The van der Waals surface area contributed by atoms with E-state index in [4.69, 9.17) is 4.98 Å². The zero-order chi connectivity index (χ0) is 24.4. The molecule has 4 heterocycles. The number of aromatic nitrogens is 6. The molecule has 0 unspecified atom stereocenters. The van der Waals surface area contributed by atoms with Crippen molar-refractivity contribution >= 4 is 22.9 Å². The zero-order valence-corrected chi connectivity index (χ0v) is 21.0. The van der Waals surface area contributed by atoms with E-state index in [1.807, 2.05) is 23.3 Å². The molecule has 3 atom stereocenters. The molecule has 3 aromatic rings. The number of hydrogen-bond donors (Lipinski definition) is 1. The van der Waals surface area contributed by atoms with Gasteiger partial charge >= 0.3 is 0 Å². The molecule has 1 aliphatic rings. The molecule has 3 aromatic heterocycles. The lowest BCUT2D eigenvalue weighted by Crippen LogP contribution is -2.58. The fourth-order valence-electron chi connectivity index (χ4n) is 4.59. The Hall–Kier alpha value is -3.14. The van der Waals surface area contributed by atoms with Crippen molar-refractivity contribution in [3.8, 4) is 11.4 Å². The molecule has 0 spiro atoms. The Morgan fingerprint density at radius 2 is 1.79 bits per heavy atom. The van der Waals surface area contributed by atoms with Crippen LogP contribution in [0.15, 0.2) is 18.7 Å². The van der Waals surface area contributed by atoms with Crippen molar-refractivity contribution in [3.63, 3.8) is 0 Å². The van der Waals surface area contributed by atoms with Crippen LogP contribution in [0.4, 0.5) is 5.82 Å². The maximum atomic E-state index is 13.6. The lowest BCUT2D eigenvalue weighted by Gasteiger charge is -2.43. The minimum Gasteiger partial charge on any atom is -0.356 e. The topological polar surface area (TPSA) is 105 Å². The number of aryl methyl sites for hydroxylation is 2. The number of rotatable bonds is 7. The highest BCUT2D eigenvalue weighted by Gasteiger charge is 2.33. The molecule has 1 fully saturated rings. The third-order valence-electron chi connectivity index (χ3n) is 6.75. The predicted octanol–water partition coefficient (Wildman–Crippen LogP) is 2.74. The van der Waals surface area contributed by atoms with Crippen LogP contribution in [0.1, 0.15) is 46.4 Å². The number of imidazole rings is 1. The van der Waals surface area contributed by atoms with E-state index in [2.05, 4.69) is 58.0 Å². The maximum Gasteiger partial charge on any atom is 0.245 e. The van der Waals surface area contributed by atoms with E-state index in [0.717, 1.165) is 36.5 Å². The van der Waals surface area contributed by atoms with Crippen molar-refractivity contribution < 1.29 is 4.79 Å². The van der Waals surface area contributed by atoms with E-state index < -0.39 is 0 Å². The summed E-state index contributed by atoms with van der Waals surface area (Å²) in [5, 5.41) is 3.42. The van der Waals surface area contributed by atoms with Crippen LogP contribution in [-0.2, 0) is 11.3 Å². The molecule has 4 rings (SSSR count). The van der Waals surface area contributed by atoms with Crippen molar-refractivity contribution in [1.82, 2.24) is 39.3 Å². The van der Waals surface area contributed by atoms with E-state index in [1.165, 1.54) is 6.33 Å². The van der Waals surface area contributed by atoms with Gasteiger partial charge in [0.05, 0.1) is 5.56 Å².